The molecule has 0 aliphatic rings. The molecule has 0 saturated heterocycles. The third kappa shape index (κ3) is 6.04. The van der Waals surface area contributed by atoms with Gasteiger partial charge in [0.15, 0.2) is 9.84 Å². The number of ether oxygens (including phenoxy) is 1. The molecular weight excluding hydrogens is 350 g/mol. The number of benzene rings is 1. The van der Waals surface area contributed by atoms with Gasteiger partial charge in [-0.2, -0.15) is 0 Å². The molecule has 1 aromatic carbocycles. The fourth-order valence-corrected chi connectivity index (χ4v) is 2.97. The summed E-state index contributed by atoms with van der Waals surface area (Å²) in [5.41, 5.74) is -0.321. The minimum atomic E-state index is -3.74. The highest BCUT2D eigenvalue weighted by Crippen LogP contribution is 2.25. The number of nitrogens with zero attached hydrogens (tertiary/aromatic N) is 1. The van der Waals surface area contributed by atoms with Crippen LogP contribution in [0, 0.1) is 0 Å². The van der Waals surface area contributed by atoms with E-state index in [1.54, 1.807) is 0 Å². The molecule has 0 spiro atoms. The van der Waals surface area contributed by atoms with Crippen LogP contribution in [0.1, 0.15) is 12.8 Å². The molecule has 9 nitrogen and oxygen atoms in total. The van der Waals surface area contributed by atoms with Crippen LogP contribution in [0.4, 0.5) is 10.5 Å². The first-order valence-electron chi connectivity index (χ1n) is 6.46. The molecule has 0 aliphatic carbocycles. The SMILES string of the molecule is CS(=O)(=O)c1ccccc1N(OC(=O)OCCCCO)[SH](=O)=O. The van der Waals surface area contributed by atoms with E-state index in [0.717, 1.165) is 6.26 Å². The van der Waals surface area contributed by atoms with Crippen molar-refractivity contribution in [3.05, 3.63) is 24.3 Å². The molecule has 0 aromatic heterocycles. The number of carbonyl (C=O) groups excluding carboxylic acids is 1. The van der Waals surface area contributed by atoms with Gasteiger partial charge in [-0.15, -0.1) is 0 Å². The maximum absolute atomic E-state index is 11.7. The van der Waals surface area contributed by atoms with E-state index in [9.17, 15) is 21.6 Å². The van der Waals surface area contributed by atoms with Crippen molar-refractivity contribution in [2.75, 3.05) is 23.9 Å². The molecule has 0 saturated carbocycles. The van der Waals surface area contributed by atoms with E-state index in [1.165, 1.54) is 24.3 Å². The highest BCUT2D eigenvalue weighted by Gasteiger charge is 2.23. The van der Waals surface area contributed by atoms with Crippen LogP contribution in [0.5, 0.6) is 0 Å². The number of hydrogen-bond acceptors (Lipinski definition) is 8. The number of aliphatic hydroxyl groups is 1. The van der Waals surface area contributed by atoms with E-state index in [4.69, 9.17) is 5.11 Å². The first kappa shape index (κ1) is 19.2. The van der Waals surface area contributed by atoms with Gasteiger partial charge < -0.3 is 9.84 Å². The van der Waals surface area contributed by atoms with Crippen LogP contribution in [0.2, 0.25) is 0 Å². The Morgan fingerprint density at radius 3 is 2.48 bits per heavy atom. The van der Waals surface area contributed by atoms with Crippen molar-refractivity contribution in [1.82, 2.24) is 0 Å². The third-order valence-electron chi connectivity index (χ3n) is 2.55. The van der Waals surface area contributed by atoms with Crippen molar-refractivity contribution in [1.29, 1.82) is 0 Å². The highest BCUT2D eigenvalue weighted by atomic mass is 32.2. The monoisotopic (exact) mass is 367 g/mol. The summed E-state index contributed by atoms with van der Waals surface area (Å²) >= 11 is 0. The van der Waals surface area contributed by atoms with Crippen LogP contribution < -0.4 is 4.47 Å². The van der Waals surface area contributed by atoms with E-state index >= 15 is 0 Å². The van der Waals surface area contributed by atoms with Crippen molar-refractivity contribution in [2.45, 2.75) is 17.7 Å². The summed E-state index contributed by atoms with van der Waals surface area (Å²) in [5.74, 6) is 0. The van der Waals surface area contributed by atoms with Gasteiger partial charge in [0, 0.05) is 12.9 Å². The average Bonchev–Trinajstić information content (AvgIpc) is 2.48. The Hall–Kier alpha value is -1.85. The maximum atomic E-state index is 11.7. The number of para-hydroxylation sites is 1. The molecule has 0 amide bonds. The Bertz CT molecular complexity index is 706. The zero-order valence-electron chi connectivity index (χ0n) is 12.2. The van der Waals surface area contributed by atoms with Gasteiger partial charge in [-0.1, -0.05) is 16.6 Å². The third-order valence-corrected chi connectivity index (χ3v) is 4.29. The van der Waals surface area contributed by atoms with Crippen LogP contribution in [-0.2, 0) is 30.3 Å². The molecule has 0 aliphatic heterocycles. The summed E-state index contributed by atoms with van der Waals surface area (Å²) in [7, 11) is -7.19. The van der Waals surface area contributed by atoms with Crippen LogP contribution in [0.3, 0.4) is 0 Å². The van der Waals surface area contributed by atoms with Crippen molar-refractivity contribution >= 4 is 32.6 Å². The molecule has 11 heteroatoms. The van der Waals surface area contributed by atoms with E-state index < -0.39 is 26.9 Å². The van der Waals surface area contributed by atoms with Gasteiger partial charge in [0.25, 0.3) is 10.9 Å². The summed E-state index contributed by atoms with van der Waals surface area (Å²) in [4.78, 5) is 15.7. The van der Waals surface area contributed by atoms with Gasteiger partial charge in [-0.3, -0.25) is 4.84 Å². The number of aliphatic hydroxyl groups excluding tert-OH is 1. The largest absolute Gasteiger partial charge is 0.534 e. The summed E-state index contributed by atoms with van der Waals surface area (Å²) in [5, 5.41) is 8.59. The molecule has 0 unspecified atom stereocenters. The number of thiol groups is 1. The predicted molar refractivity (Wildman–Crippen MR) is 81.1 cm³/mol. The van der Waals surface area contributed by atoms with E-state index in [0.29, 0.717) is 12.8 Å². The van der Waals surface area contributed by atoms with Gasteiger partial charge in [0.2, 0.25) is 0 Å². The minimum absolute atomic E-state index is 0.0707. The zero-order valence-corrected chi connectivity index (χ0v) is 14.0. The fraction of sp³-hybridized carbons (Fsp3) is 0.417. The van der Waals surface area contributed by atoms with Crippen molar-refractivity contribution in [3.63, 3.8) is 0 Å². The molecule has 0 radical (unpaired) electrons. The number of carbonyl (C=O) groups is 1. The zero-order chi connectivity index (χ0) is 17.5. The molecule has 130 valence electrons. The quantitative estimate of drug-likeness (QED) is 0.290. The maximum Gasteiger partial charge on any atom is 0.534 e. The number of sulfone groups is 1. The van der Waals surface area contributed by atoms with Crippen LogP contribution in [0.25, 0.3) is 0 Å². The van der Waals surface area contributed by atoms with Gasteiger partial charge in [-0.05, 0) is 25.0 Å². The molecular formula is C12H17NO8S2. The van der Waals surface area contributed by atoms with E-state index in [2.05, 4.69) is 9.57 Å². The van der Waals surface area contributed by atoms with Crippen LogP contribution in [0.15, 0.2) is 29.2 Å². The fourth-order valence-electron chi connectivity index (χ4n) is 1.57. The molecule has 0 atom stereocenters. The summed E-state index contributed by atoms with van der Waals surface area (Å²) in [6.07, 6.45) is 0.374. The van der Waals surface area contributed by atoms with Crippen LogP contribution >= 0.6 is 0 Å². The number of anilines is 1. The van der Waals surface area contributed by atoms with Crippen molar-refractivity contribution in [2.24, 2.45) is 0 Å². The lowest BCUT2D eigenvalue weighted by Crippen LogP contribution is -2.27. The van der Waals surface area contributed by atoms with Gasteiger partial charge in [-0.25, -0.2) is 21.6 Å². The Morgan fingerprint density at radius 1 is 1.26 bits per heavy atom. The molecule has 0 fully saturated rings. The molecule has 1 N–H and O–H groups in total. The van der Waals surface area contributed by atoms with E-state index in [-0.39, 0.29) is 28.3 Å². The number of unbranched alkanes of at least 4 members (excludes halogenated alkanes) is 1. The van der Waals surface area contributed by atoms with Crippen LogP contribution in [-0.4, -0.2) is 47.6 Å². The van der Waals surface area contributed by atoms with Gasteiger partial charge >= 0.3 is 6.16 Å². The summed E-state index contributed by atoms with van der Waals surface area (Å²) in [6, 6.07) is 5.17. The lowest BCUT2D eigenvalue weighted by molar-refractivity contribution is 0.0575. The molecule has 1 aromatic rings. The number of hydrogen-bond donors (Lipinski definition) is 2. The lowest BCUT2D eigenvalue weighted by Gasteiger charge is -2.18. The average molecular weight is 367 g/mol. The minimum Gasteiger partial charge on any atom is -0.433 e. The summed E-state index contributed by atoms with van der Waals surface area (Å²) < 4.78 is 50.8. The smallest absolute Gasteiger partial charge is 0.433 e. The topological polar surface area (TPSA) is 127 Å². The second-order valence-electron chi connectivity index (χ2n) is 4.37. The second-order valence-corrected chi connectivity index (χ2v) is 7.19. The van der Waals surface area contributed by atoms with Crippen molar-refractivity contribution in [3.8, 4) is 0 Å². The standard InChI is InChI=1S/C12H17NO8S2/c1-23(18,19)11-7-3-2-6-10(11)13(22(16)17)21-12(15)20-9-5-4-8-14/h2-3,6-7,14,22H,4-5,8-9H2,1H3. The first-order valence-corrected chi connectivity index (χ1v) is 9.48. The Kier molecular flexibility index (Phi) is 7.26. The van der Waals surface area contributed by atoms with Gasteiger partial charge in [0.1, 0.15) is 5.69 Å². The first-order chi connectivity index (χ1) is 10.8. The summed E-state index contributed by atoms with van der Waals surface area (Å²) in [6.45, 7) is -0.144. The Labute approximate surface area is 135 Å². The lowest BCUT2D eigenvalue weighted by atomic mass is 10.3. The second kappa shape index (κ2) is 8.70. The normalized spacial score (nSPS) is 11.3. The van der Waals surface area contributed by atoms with E-state index in [1.807, 2.05) is 0 Å². The number of rotatable bonds is 8. The van der Waals surface area contributed by atoms with Crippen molar-refractivity contribution < 1.29 is 36.3 Å². The van der Waals surface area contributed by atoms with Gasteiger partial charge in [0.05, 0.1) is 11.5 Å². The molecule has 0 heterocycles. The Morgan fingerprint density at radius 2 is 1.91 bits per heavy atom. The molecule has 23 heavy (non-hydrogen) atoms. The molecule has 1 rings (SSSR count). The highest BCUT2D eigenvalue weighted by molar-refractivity contribution is 7.91. The predicted octanol–water partition coefficient (Wildman–Crippen LogP) is 0.264. The molecule has 0 bridgehead atoms. The Balaban J connectivity index is 2.95.